The zero-order chi connectivity index (χ0) is 17.4. The van der Waals surface area contributed by atoms with Crippen LogP contribution in [-0.4, -0.2) is 16.9 Å². The third-order valence-electron chi connectivity index (χ3n) is 4.09. The predicted octanol–water partition coefficient (Wildman–Crippen LogP) is 3.82. The second kappa shape index (κ2) is 9.37. The summed E-state index contributed by atoms with van der Waals surface area (Å²) in [5.74, 6) is 0.0561. The maximum absolute atomic E-state index is 12.2. The van der Waals surface area contributed by atoms with Gasteiger partial charge in [-0.2, -0.15) is 0 Å². The van der Waals surface area contributed by atoms with Crippen molar-refractivity contribution in [3.63, 3.8) is 0 Å². The number of carbonyl (C=O) groups is 2. The van der Waals surface area contributed by atoms with E-state index in [1.165, 1.54) is 6.42 Å². The van der Waals surface area contributed by atoms with Gasteiger partial charge in [0.2, 0.25) is 11.8 Å². The monoisotopic (exact) mass is 347 g/mol. The molecule has 0 atom stereocenters. The van der Waals surface area contributed by atoms with Gasteiger partial charge in [0.25, 0.3) is 0 Å². The Bertz CT molecular complexity index is 598. The number of carbonyl (C=O) groups excluding carboxylic acids is 2. The molecule has 1 fully saturated rings. The lowest BCUT2D eigenvalue weighted by Gasteiger charge is -2.21. The number of nitrogens with one attached hydrogen (secondary N) is 3. The molecule has 0 aromatic heterocycles. The topological polar surface area (TPSA) is 70.2 Å². The summed E-state index contributed by atoms with van der Waals surface area (Å²) in [7, 11) is 0. The highest BCUT2D eigenvalue weighted by atomic mass is 32.1. The molecule has 0 heterocycles. The third-order valence-corrected chi connectivity index (χ3v) is 4.30. The van der Waals surface area contributed by atoms with Crippen molar-refractivity contribution in [2.24, 2.45) is 5.92 Å². The minimum Gasteiger partial charge on any atom is -0.332 e. The molecule has 24 heavy (non-hydrogen) atoms. The van der Waals surface area contributed by atoms with E-state index in [2.05, 4.69) is 16.0 Å². The summed E-state index contributed by atoms with van der Waals surface area (Å²) < 4.78 is 0. The van der Waals surface area contributed by atoms with Gasteiger partial charge in [-0.15, -0.1) is 0 Å². The average molecular weight is 347 g/mol. The first-order chi connectivity index (χ1) is 11.6. The number of benzene rings is 1. The summed E-state index contributed by atoms with van der Waals surface area (Å²) in [6.07, 6.45) is 6.61. The van der Waals surface area contributed by atoms with Crippen LogP contribution < -0.4 is 16.0 Å². The van der Waals surface area contributed by atoms with Crippen molar-refractivity contribution in [3.05, 3.63) is 24.3 Å². The van der Waals surface area contributed by atoms with Gasteiger partial charge in [0.15, 0.2) is 5.11 Å². The number of anilines is 2. The molecule has 0 unspecified atom stereocenters. The smallest absolute Gasteiger partial charge is 0.229 e. The molecule has 1 aromatic carbocycles. The van der Waals surface area contributed by atoms with Crippen molar-refractivity contribution in [1.82, 2.24) is 5.32 Å². The summed E-state index contributed by atoms with van der Waals surface area (Å²) in [6.45, 7) is 1.96. The van der Waals surface area contributed by atoms with E-state index >= 15 is 0 Å². The minimum absolute atomic E-state index is 0.000367. The van der Waals surface area contributed by atoms with Gasteiger partial charge < -0.3 is 16.0 Å². The second-order valence-electron chi connectivity index (χ2n) is 6.16. The number of amides is 2. The van der Waals surface area contributed by atoms with Crippen LogP contribution in [0.2, 0.25) is 0 Å². The summed E-state index contributed by atoms with van der Waals surface area (Å²) in [5.41, 5.74) is 1.44. The molecule has 130 valence electrons. The van der Waals surface area contributed by atoms with Gasteiger partial charge in [0.1, 0.15) is 0 Å². The van der Waals surface area contributed by atoms with Gasteiger partial charge >= 0.3 is 0 Å². The van der Waals surface area contributed by atoms with Crippen LogP contribution in [-0.2, 0) is 9.59 Å². The second-order valence-corrected chi connectivity index (χ2v) is 6.57. The van der Waals surface area contributed by atoms with Gasteiger partial charge in [-0.25, -0.2) is 0 Å². The van der Waals surface area contributed by atoms with E-state index in [4.69, 9.17) is 12.2 Å². The molecule has 6 heteroatoms. The fourth-order valence-corrected chi connectivity index (χ4v) is 3.08. The molecule has 2 rings (SSSR count). The number of rotatable bonds is 5. The Balaban J connectivity index is 1.86. The number of thiocarbonyl (C=S) groups is 1. The molecule has 0 saturated heterocycles. The lowest BCUT2D eigenvalue weighted by Crippen LogP contribution is -2.39. The van der Waals surface area contributed by atoms with E-state index in [9.17, 15) is 9.59 Å². The van der Waals surface area contributed by atoms with Crippen LogP contribution in [0.1, 0.15) is 51.9 Å². The lowest BCUT2D eigenvalue weighted by molar-refractivity contribution is -0.124. The highest BCUT2D eigenvalue weighted by molar-refractivity contribution is 7.80. The van der Waals surface area contributed by atoms with Crippen LogP contribution in [0.4, 0.5) is 11.4 Å². The summed E-state index contributed by atoms with van der Waals surface area (Å²) in [5, 5.41) is 8.91. The summed E-state index contributed by atoms with van der Waals surface area (Å²) in [4.78, 5) is 23.8. The zero-order valence-electron chi connectivity index (χ0n) is 14.1. The molecule has 1 aliphatic carbocycles. The lowest BCUT2D eigenvalue weighted by atomic mass is 9.89. The standard InChI is InChI=1S/C18H25N3O2S/c1-2-7-16(22)19-14-10-6-11-15(12-14)20-18(24)21-17(23)13-8-4-3-5-9-13/h6,10-13H,2-5,7-9H2,1H3,(H,19,22)(H2,20,21,23,24). The molecule has 2 amide bonds. The maximum atomic E-state index is 12.2. The fourth-order valence-electron chi connectivity index (χ4n) is 2.87. The summed E-state index contributed by atoms with van der Waals surface area (Å²) in [6, 6.07) is 7.29. The number of hydrogen-bond donors (Lipinski definition) is 3. The molecule has 0 bridgehead atoms. The first kappa shape index (κ1) is 18.4. The van der Waals surface area contributed by atoms with E-state index in [1.54, 1.807) is 6.07 Å². The van der Waals surface area contributed by atoms with Gasteiger partial charge in [0, 0.05) is 23.7 Å². The Morgan fingerprint density at radius 3 is 2.46 bits per heavy atom. The number of hydrogen-bond acceptors (Lipinski definition) is 3. The highest BCUT2D eigenvalue weighted by Crippen LogP contribution is 2.23. The van der Waals surface area contributed by atoms with Crippen LogP contribution in [0, 0.1) is 5.92 Å². The molecule has 1 saturated carbocycles. The van der Waals surface area contributed by atoms with Gasteiger partial charge in [0.05, 0.1) is 0 Å². The van der Waals surface area contributed by atoms with E-state index in [1.807, 2.05) is 25.1 Å². The van der Waals surface area contributed by atoms with E-state index in [0.29, 0.717) is 17.2 Å². The molecule has 0 spiro atoms. The average Bonchev–Trinajstić information content (AvgIpc) is 2.56. The zero-order valence-corrected chi connectivity index (χ0v) is 14.9. The molecule has 0 radical (unpaired) electrons. The van der Waals surface area contributed by atoms with Crippen molar-refractivity contribution in [1.29, 1.82) is 0 Å². The molecule has 1 aliphatic rings. The summed E-state index contributed by atoms with van der Waals surface area (Å²) >= 11 is 5.22. The quantitative estimate of drug-likeness (QED) is 0.708. The Labute approximate surface area is 148 Å². The molecular formula is C18H25N3O2S. The normalized spacial score (nSPS) is 14.7. The van der Waals surface area contributed by atoms with E-state index in [-0.39, 0.29) is 17.7 Å². The van der Waals surface area contributed by atoms with Gasteiger partial charge in [-0.1, -0.05) is 32.3 Å². The highest BCUT2D eigenvalue weighted by Gasteiger charge is 2.21. The molecular weight excluding hydrogens is 322 g/mol. The van der Waals surface area contributed by atoms with Gasteiger partial charge in [-0.05, 0) is 49.7 Å². The Morgan fingerprint density at radius 1 is 1.12 bits per heavy atom. The van der Waals surface area contributed by atoms with Crippen LogP contribution in [0.25, 0.3) is 0 Å². The van der Waals surface area contributed by atoms with Crippen molar-refractivity contribution in [3.8, 4) is 0 Å². The molecule has 0 aliphatic heterocycles. The van der Waals surface area contributed by atoms with Crippen molar-refractivity contribution < 1.29 is 9.59 Å². The van der Waals surface area contributed by atoms with Crippen LogP contribution in [0.15, 0.2) is 24.3 Å². The third kappa shape index (κ3) is 5.92. The first-order valence-electron chi connectivity index (χ1n) is 8.60. The van der Waals surface area contributed by atoms with Crippen LogP contribution in [0.3, 0.4) is 0 Å². The van der Waals surface area contributed by atoms with Crippen molar-refractivity contribution in [2.45, 2.75) is 51.9 Å². The molecule has 3 N–H and O–H groups in total. The molecule has 5 nitrogen and oxygen atoms in total. The van der Waals surface area contributed by atoms with Crippen molar-refractivity contribution in [2.75, 3.05) is 10.6 Å². The van der Waals surface area contributed by atoms with Gasteiger partial charge in [-0.3, -0.25) is 9.59 Å². The SMILES string of the molecule is CCCC(=O)Nc1cccc(NC(=S)NC(=O)C2CCCCC2)c1. The van der Waals surface area contributed by atoms with E-state index in [0.717, 1.165) is 37.8 Å². The van der Waals surface area contributed by atoms with Crippen LogP contribution >= 0.6 is 12.2 Å². The van der Waals surface area contributed by atoms with E-state index < -0.39 is 0 Å². The minimum atomic E-state index is -0.0113. The first-order valence-corrected chi connectivity index (χ1v) is 9.01. The maximum Gasteiger partial charge on any atom is 0.229 e. The Hall–Kier alpha value is -1.95. The largest absolute Gasteiger partial charge is 0.332 e. The predicted molar refractivity (Wildman–Crippen MR) is 101 cm³/mol. The molecule has 1 aromatic rings. The Kier molecular flexibility index (Phi) is 7.18. The van der Waals surface area contributed by atoms with Crippen LogP contribution in [0.5, 0.6) is 0 Å². The van der Waals surface area contributed by atoms with Crippen molar-refractivity contribution >= 4 is 40.5 Å². The Morgan fingerprint density at radius 2 is 1.79 bits per heavy atom. The fraction of sp³-hybridized carbons (Fsp3) is 0.500.